The number of amides is 1. The molecule has 0 bridgehead atoms. The lowest BCUT2D eigenvalue weighted by atomic mass is 10.1. The Bertz CT molecular complexity index is 1290. The van der Waals surface area contributed by atoms with Gasteiger partial charge in [0.15, 0.2) is 0 Å². The van der Waals surface area contributed by atoms with Crippen LogP contribution >= 0.6 is 27.3 Å². The van der Waals surface area contributed by atoms with E-state index in [-0.39, 0.29) is 12.1 Å². The molecule has 0 spiro atoms. The monoisotopic (exact) mass is 497 g/mol. The number of aromatic nitrogens is 2. The molecule has 1 atom stereocenters. The van der Waals surface area contributed by atoms with E-state index in [4.69, 9.17) is 4.74 Å². The second-order valence-electron chi connectivity index (χ2n) is 8.97. The van der Waals surface area contributed by atoms with E-state index in [0.29, 0.717) is 6.54 Å². The second-order valence-corrected chi connectivity index (χ2v) is 11.0. The first-order valence-corrected chi connectivity index (χ1v) is 12.1. The lowest BCUT2D eigenvalue weighted by Gasteiger charge is -2.27. The normalized spacial score (nSPS) is 17.0. The Hall–Kier alpha value is -2.38. The van der Waals surface area contributed by atoms with E-state index in [1.54, 1.807) is 16.2 Å². The highest BCUT2D eigenvalue weighted by molar-refractivity contribution is 9.10. The number of nitrogens with one attached hydrogen (secondary N) is 1. The summed E-state index contributed by atoms with van der Waals surface area (Å²) in [7, 11) is 0. The number of rotatable bonds is 2. The number of hydrogen-bond acceptors (Lipinski definition) is 4. The Kier molecular flexibility index (Phi) is 5.06. The summed E-state index contributed by atoms with van der Waals surface area (Å²) in [4.78, 5) is 22.5. The van der Waals surface area contributed by atoms with Gasteiger partial charge >= 0.3 is 6.09 Å². The molecular weight excluding hydrogens is 474 g/mol. The number of hydrogen-bond donors (Lipinski definition) is 1. The Morgan fingerprint density at radius 1 is 1.19 bits per heavy atom. The third-order valence-corrected chi connectivity index (χ3v) is 7.15. The average molecular weight is 498 g/mol. The summed E-state index contributed by atoms with van der Waals surface area (Å²) in [5.41, 5.74) is 1.55. The molecule has 5 rings (SSSR count). The van der Waals surface area contributed by atoms with Gasteiger partial charge in [0.1, 0.15) is 11.4 Å². The fourth-order valence-electron chi connectivity index (χ4n) is 4.16. The number of carbonyl (C=O) groups excluding carboxylic acids is 1. The number of benzene rings is 2. The minimum atomic E-state index is -0.506. The maximum absolute atomic E-state index is 12.6. The minimum absolute atomic E-state index is 0.0750. The molecule has 1 amide bonds. The van der Waals surface area contributed by atoms with E-state index in [1.807, 2.05) is 27.0 Å². The summed E-state index contributed by atoms with van der Waals surface area (Å²) in [6.07, 6.45) is 3.43. The smallest absolute Gasteiger partial charge is 0.410 e. The van der Waals surface area contributed by atoms with Crippen molar-refractivity contribution in [1.29, 1.82) is 0 Å². The lowest BCUT2D eigenvalue weighted by molar-refractivity contribution is 0.0219. The van der Waals surface area contributed by atoms with Gasteiger partial charge in [-0.3, -0.25) is 4.90 Å². The molecule has 0 aliphatic carbocycles. The molecule has 5 nitrogen and oxygen atoms in total. The number of likely N-dealkylation sites (tertiary alicyclic amines) is 1. The Morgan fingerprint density at radius 2 is 1.94 bits per heavy atom. The third-order valence-electron chi connectivity index (χ3n) is 5.54. The minimum Gasteiger partial charge on any atom is -0.444 e. The molecule has 1 N–H and O–H groups in total. The van der Waals surface area contributed by atoms with E-state index in [1.165, 1.54) is 20.2 Å². The molecule has 31 heavy (non-hydrogen) atoms. The van der Waals surface area contributed by atoms with Gasteiger partial charge in [-0.1, -0.05) is 34.1 Å². The molecule has 0 saturated carbocycles. The zero-order valence-electron chi connectivity index (χ0n) is 17.7. The first-order chi connectivity index (χ1) is 14.8. The van der Waals surface area contributed by atoms with E-state index < -0.39 is 5.60 Å². The Balaban J connectivity index is 1.44. The number of H-pyrrole nitrogens is 1. The van der Waals surface area contributed by atoms with Crippen molar-refractivity contribution in [3.8, 4) is 11.3 Å². The van der Waals surface area contributed by atoms with Crippen LogP contribution in [0.4, 0.5) is 4.79 Å². The number of halogens is 1. The summed E-state index contributed by atoms with van der Waals surface area (Å²) in [5.74, 6) is 0.818. The number of nitrogens with zero attached hydrogens (tertiary/aromatic N) is 2. The van der Waals surface area contributed by atoms with Crippen LogP contribution in [0.1, 0.15) is 45.5 Å². The molecule has 1 saturated heterocycles. The van der Waals surface area contributed by atoms with Crippen molar-refractivity contribution >= 4 is 53.5 Å². The number of thiophene rings is 1. The third kappa shape index (κ3) is 3.96. The Labute approximate surface area is 193 Å². The highest BCUT2D eigenvalue weighted by Crippen LogP contribution is 2.38. The molecule has 160 valence electrons. The summed E-state index contributed by atoms with van der Waals surface area (Å²) >= 11 is 5.36. The van der Waals surface area contributed by atoms with Crippen LogP contribution in [0, 0.1) is 0 Å². The van der Waals surface area contributed by atoms with E-state index >= 15 is 0 Å². The van der Waals surface area contributed by atoms with Crippen LogP contribution in [0.25, 0.3) is 31.4 Å². The molecule has 0 radical (unpaired) electrons. The second kappa shape index (κ2) is 7.64. The van der Waals surface area contributed by atoms with Crippen molar-refractivity contribution in [3.05, 3.63) is 52.9 Å². The number of aromatic amines is 1. The fraction of sp³-hybridized carbons (Fsp3) is 0.333. The molecular formula is C24H24BrN3O2S. The van der Waals surface area contributed by atoms with E-state index in [2.05, 4.69) is 62.3 Å². The number of imidazole rings is 1. The van der Waals surface area contributed by atoms with Crippen LogP contribution in [0.5, 0.6) is 0 Å². The zero-order chi connectivity index (χ0) is 21.8. The molecule has 1 unspecified atom stereocenters. The van der Waals surface area contributed by atoms with Gasteiger partial charge in [-0.15, -0.1) is 11.3 Å². The Morgan fingerprint density at radius 3 is 2.71 bits per heavy atom. The number of carbonyl (C=O) groups is 1. The van der Waals surface area contributed by atoms with Crippen molar-refractivity contribution in [2.24, 2.45) is 0 Å². The molecule has 1 fully saturated rings. The maximum Gasteiger partial charge on any atom is 0.410 e. The summed E-state index contributed by atoms with van der Waals surface area (Å²) in [6, 6.07) is 12.9. The molecule has 2 aromatic heterocycles. The zero-order valence-corrected chi connectivity index (χ0v) is 20.1. The average Bonchev–Trinajstić information content (AvgIpc) is 3.42. The first-order valence-electron chi connectivity index (χ1n) is 10.5. The van der Waals surface area contributed by atoms with Crippen LogP contribution in [0.2, 0.25) is 0 Å². The molecule has 1 aliphatic rings. The molecule has 3 heterocycles. The van der Waals surface area contributed by atoms with E-state index in [0.717, 1.165) is 34.4 Å². The number of fused-ring (bicyclic) bond motifs is 3. The largest absolute Gasteiger partial charge is 0.444 e. The van der Waals surface area contributed by atoms with Crippen LogP contribution in [-0.2, 0) is 4.74 Å². The predicted molar refractivity (Wildman–Crippen MR) is 130 cm³/mol. The molecule has 1 aliphatic heterocycles. The molecule has 7 heteroatoms. The molecule has 2 aromatic carbocycles. The van der Waals surface area contributed by atoms with Crippen molar-refractivity contribution in [3.63, 3.8) is 0 Å². The van der Waals surface area contributed by atoms with Crippen molar-refractivity contribution in [1.82, 2.24) is 14.9 Å². The predicted octanol–water partition coefficient (Wildman–Crippen LogP) is 7.28. The van der Waals surface area contributed by atoms with E-state index in [9.17, 15) is 4.79 Å². The van der Waals surface area contributed by atoms with Gasteiger partial charge in [0.25, 0.3) is 0 Å². The van der Waals surface area contributed by atoms with Gasteiger partial charge in [0, 0.05) is 36.8 Å². The molecule has 4 aromatic rings. The summed E-state index contributed by atoms with van der Waals surface area (Å²) in [5, 5.41) is 2.54. The highest BCUT2D eigenvalue weighted by Gasteiger charge is 2.34. The fourth-order valence-corrected chi connectivity index (χ4v) is 5.86. The lowest BCUT2D eigenvalue weighted by Crippen LogP contribution is -2.36. The van der Waals surface area contributed by atoms with Gasteiger partial charge in [-0.2, -0.15) is 0 Å². The summed E-state index contributed by atoms with van der Waals surface area (Å²) in [6.45, 7) is 6.37. The first kappa shape index (κ1) is 20.5. The SMILES string of the molecule is CC(C)(C)OC(=O)N1CCCC1c1ncc(-c2ccc3c(c2)sc2cc(Br)ccc23)[nH]1. The van der Waals surface area contributed by atoms with Crippen molar-refractivity contribution < 1.29 is 9.53 Å². The standard InChI is InChI=1S/C24H24BrN3O2S/c1-24(2,3)30-23(29)28-10-4-5-19(28)22-26-13-18(27-22)14-6-8-16-17-9-7-15(25)12-21(17)31-20(16)11-14/h6-9,11-13,19H,4-5,10H2,1-3H3,(H,26,27). The van der Waals surface area contributed by atoms with Crippen LogP contribution in [0.15, 0.2) is 47.1 Å². The highest BCUT2D eigenvalue weighted by atomic mass is 79.9. The maximum atomic E-state index is 12.6. The van der Waals surface area contributed by atoms with Crippen molar-refractivity contribution in [2.75, 3.05) is 6.54 Å². The van der Waals surface area contributed by atoms with Gasteiger partial charge < -0.3 is 9.72 Å². The summed E-state index contributed by atoms with van der Waals surface area (Å²) < 4.78 is 9.20. The van der Waals surface area contributed by atoms with Gasteiger partial charge in [0.2, 0.25) is 0 Å². The topological polar surface area (TPSA) is 58.2 Å². The van der Waals surface area contributed by atoms with Gasteiger partial charge in [0.05, 0.1) is 17.9 Å². The van der Waals surface area contributed by atoms with Gasteiger partial charge in [-0.25, -0.2) is 9.78 Å². The van der Waals surface area contributed by atoms with Crippen LogP contribution in [0.3, 0.4) is 0 Å². The van der Waals surface area contributed by atoms with Gasteiger partial charge in [-0.05, 0) is 51.8 Å². The van der Waals surface area contributed by atoms with Crippen LogP contribution in [-0.4, -0.2) is 33.1 Å². The van der Waals surface area contributed by atoms with Crippen LogP contribution < -0.4 is 0 Å². The number of ether oxygens (including phenoxy) is 1. The van der Waals surface area contributed by atoms with Crippen molar-refractivity contribution in [2.45, 2.75) is 45.3 Å². The quantitative estimate of drug-likeness (QED) is 0.316.